The first kappa shape index (κ1) is 17.9. The van der Waals surface area contributed by atoms with Crippen LogP contribution in [0.15, 0.2) is 30.3 Å². The molecule has 1 aromatic rings. The Morgan fingerprint density at radius 2 is 1.76 bits per heavy atom. The lowest BCUT2D eigenvalue weighted by Gasteiger charge is -2.18. The third-order valence-corrected chi connectivity index (χ3v) is 5.02. The smallest absolute Gasteiger partial charge is 0.331 e. The minimum absolute atomic E-state index is 0.0859. The van der Waals surface area contributed by atoms with Crippen LogP contribution in [0.3, 0.4) is 0 Å². The van der Waals surface area contributed by atoms with E-state index in [-0.39, 0.29) is 24.5 Å². The molecule has 1 N–H and O–H groups in total. The molecule has 0 heterocycles. The van der Waals surface area contributed by atoms with Crippen LogP contribution in [0, 0.1) is 0 Å². The topological polar surface area (TPSA) is 64.6 Å². The van der Waals surface area contributed by atoms with Gasteiger partial charge in [0.25, 0.3) is 0 Å². The van der Waals surface area contributed by atoms with Gasteiger partial charge in [0.05, 0.1) is 25.4 Å². The Morgan fingerprint density at radius 1 is 1.19 bits per heavy atom. The van der Waals surface area contributed by atoms with Crippen molar-refractivity contribution >= 4 is 13.5 Å². The fraction of sp³-hybridized carbons (Fsp3) is 0.533. The Balaban J connectivity index is 2.48. The average Bonchev–Trinajstić information content (AvgIpc) is 2.47. The molecule has 0 bridgehead atoms. The normalized spacial score (nSPS) is 12.9. The summed E-state index contributed by atoms with van der Waals surface area (Å²) in [5.41, 5.74) is 1.03. The SMILES string of the molecule is CCOP(=O)(CCC(=O)N[C@H](C)c1ccccc1)OCC. The highest BCUT2D eigenvalue weighted by Gasteiger charge is 2.24. The van der Waals surface area contributed by atoms with E-state index in [0.29, 0.717) is 13.2 Å². The fourth-order valence-electron chi connectivity index (χ4n) is 1.94. The molecule has 1 aromatic carbocycles. The van der Waals surface area contributed by atoms with Crippen LogP contribution in [0.4, 0.5) is 0 Å². The molecule has 1 rings (SSSR count). The molecule has 0 radical (unpaired) electrons. The van der Waals surface area contributed by atoms with Gasteiger partial charge in [0.15, 0.2) is 0 Å². The molecule has 0 aliphatic carbocycles. The maximum absolute atomic E-state index is 12.2. The van der Waals surface area contributed by atoms with Crippen molar-refractivity contribution in [2.75, 3.05) is 19.4 Å². The van der Waals surface area contributed by atoms with E-state index in [1.807, 2.05) is 37.3 Å². The standard InChI is InChI=1S/C15H24NO4P/c1-4-19-21(18,20-5-2)12-11-15(17)16-13(3)14-9-7-6-8-10-14/h6-10,13H,4-5,11-12H2,1-3H3,(H,16,17)/t13-/m1/s1. The number of benzene rings is 1. The second-order valence-electron chi connectivity index (χ2n) is 4.62. The van der Waals surface area contributed by atoms with Gasteiger partial charge < -0.3 is 14.4 Å². The molecule has 1 amide bonds. The molecule has 0 fully saturated rings. The van der Waals surface area contributed by atoms with E-state index in [1.54, 1.807) is 13.8 Å². The van der Waals surface area contributed by atoms with Crippen molar-refractivity contribution in [3.8, 4) is 0 Å². The third kappa shape index (κ3) is 6.42. The van der Waals surface area contributed by atoms with Gasteiger partial charge in [0.1, 0.15) is 0 Å². The summed E-state index contributed by atoms with van der Waals surface area (Å²) in [6.45, 7) is 6.03. The zero-order valence-electron chi connectivity index (χ0n) is 12.9. The molecule has 0 saturated carbocycles. The van der Waals surface area contributed by atoms with Crippen molar-refractivity contribution < 1.29 is 18.4 Å². The second kappa shape index (κ2) is 8.98. The highest BCUT2D eigenvalue weighted by Crippen LogP contribution is 2.48. The largest absolute Gasteiger partial charge is 0.350 e. The number of rotatable bonds is 9. The van der Waals surface area contributed by atoms with E-state index in [1.165, 1.54) is 0 Å². The maximum atomic E-state index is 12.2. The van der Waals surface area contributed by atoms with Gasteiger partial charge in [-0.1, -0.05) is 30.3 Å². The molecule has 0 unspecified atom stereocenters. The predicted molar refractivity (Wildman–Crippen MR) is 83.3 cm³/mol. The number of amides is 1. The Hall–Kier alpha value is -1.16. The summed E-state index contributed by atoms with van der Waals surface area (Å²) in [7, 11) is -3.15. The van der Waals surface area contributed by atoms with Crippen LogP contribution in [0.2, 0.25) is 0 Å². The van der Waals surface area contributed by atoms with Gasteiger partial charge in [-0.25, -0.2) is 0 Å². The molecule has 0 aliphatic heterocycles. The first-order valence-corrected chi connectivity index (χ1v) is 8.96. The van der Waals surface area contributed by atoms with Crippen LogP contribution in [-0.4, -0.2) is 25.3 Å². The van der Waals surface area contributed by atoms with Crippen LogP contribution < -0.4 is 5.32 Å². The lowest BCUT2D eigenvalue weighted by molar-refractivity contribution is -0.121. The van der Waals surface area contributed by atoms with Gasteiger partial charge in [-0.05, 0) is 26.3 Å². The number of hydrogen-bond acceptors (Lipinski definition) is 4. The van der Waals surface area contributed by atoms with E-state index in [9.17, 15) is 9.36 Å². The predicted octanol–water partition coefficient (Wildman–Crippen LogP) is 3.52. The summed E-state index contributed by atoms with van der Waals surface area (Å²) in [4.78, 5) is 11.9. The van der Waals surface area contributed by atoms with Crippen molar-refractivity contribution in [2.45, 2.75) is 33.2 Å². The van der Waals surface area contributed by atoms with E-state index in [0.717, 1.165) is 5.56 Å². The van der Waals surface area contributed by atoms with Crippen molar-refractivity contribution in [3.05, 3.63) is 35.9 Å². The number of carbonyl (C=O) groups excluding carboxylic acids is 1. The van der Waals surface area contributed by atoms with Gasteiger partial charge in [-0.15, -0.1) is 0 Å². The van der Waals surface area contributed by atoms with Crippen LogP contribution in [-0.2, 0) is 18.4 Å². The zero-order valence-corrected chi connectivity index (χ0v) is 13.8. The third-order valence-electron chi connectivity index (χ3n) is 2.94. The first-order chi connectivity index (χ1) is 10.0. The van der Waals surface area contributed by atoms with Gasteiger partial charge in [-0.2, -0.15) is 0 Å². The van der Waals surface area contributed by atoms with Gasteiger partial charge >= 0.3 is 7.60 Å². The van der Waals surface area contributed by atoms with Gasteiger partial charge in [0, 0.05) is 6.42 Å². The summed E-state index contributed by atoms with van der Waals surface area (Å²) in [5.74, 6) is -0.161. The average molecular weight is 313 g/mol. The molecular weight excluding hydrogens is 289 g/mol. The maximum Gasteiger partial charge on any atom is 0.331 e. The molecule has 118 valence electrons. The van der Waals surface area contributed by atoms with Gasteiger partial charge in [-0.3, -0.25) is 9.36 Å². The highest BCUT2D eigenvalue weighted by molar-refractivity contribution is 7.53. The van der Waals surface area contributed by atoms with Gasteiger partial charge in [0.2, 0.25) is 5.91 Å². The molecule has 21 heavy (non-hydrogen) atoms. The van der Waals surface area contributed by atoms with Crippen LogP contribution in [0.25, 0.3) is 0 Å². The number of carbonyl (C=O) groups is 1. The molecule has 1 atom stereocenters. The minimum Gasteiger partial charge on any atom is -0.350 e. The lowest BCUT2D eigenvalue weighted by atomic mass is 10.1. The molecule has 0 aromatic heterocycles. The molecule has 6 heteroatoms. The monoisotopic (exact) mass is 313 g/mol. The Morgan fingerprint density at radius 3 is 2.29 bits per heavy atom. The summed E-state index contributed by atoms with van der Waals surface area (Å²) >= 11 is 0. The molecule has 0 spiro atoms. The fourth-order valence-corrected chi connectivity index (χ4v) is 3.53. The Bertz CT molecular complexity index is 468. The van der Waals surface area contributed by atoms with Crippen LogP contribution in [0.1, 0.15) is 38.8 Å². The van der Waals surface area contributed by atoms with Crippen LogP contribution in [0.5, 0.6) is 0 Å². The van der Waals surface area contributed by atoms with E-state index in [2.05, 4.69) is 5.32 Å². The van der Waals surface area contributed by atoms with Crippen molar-refractivity contribution in [3.63, 3.8) is 0 Å². The number of hydrogen-bond donors (Lipinski definition) is 1. The first-order valence-electron chi connectivity index (χ1n) is 7.23. The summed E-state index contributed by atoms with van der Waals surface area (Å²) in [6.07, 6.45) is 0.219. The van der Waals surface area contributed by atoms with E-state index < -0.39 is 7.60 Å². The minimum atomic E-state index is -3.15. The van der Waals surface area contributed by atoms with Crippen LogP contribution >= 0.6 is 7.60 Å². The Labute approximate surface area is 126 Å². The Kier molecular flexibility index (Phi) is 7.65. The van der Waals surface area contributed by atoms with Crippen molar-refractivity contribution in [1.82, 2.24) is 5.32 Å². The summed E-state index contributed by atoms with van der Waals surface area (Å²) in [5, 5.41) is 2.88. The molecule has 0 aliphatic rings. The number of nitrogens with one attached hydrogen (secondary N) is 1. The quantitative estimate of drug-likeness (QED) is 0.708. The molecule has 5 nitrogen and oxygen atoms in total. The lowest BCUT2D eigenvalue weighted by Crippen LogP contribution is -2.27. The van der Waals surface area contributed by atoms with Crippen molar-refractivity contribution in [1.29, 1.82) is 0 Å². The van der Waals surface area contributed by atoms with E-state index in [4.69, 9.17) is 9.05 Å². The summed E-state index contributed by atoms with van der Waals surface area (Å²) in [6, 6.07) is 9.61. The van der Waals surface area contributed by atoms with Crippen molar-refractivity contribution in [2.24, 2.45) is 0 Å². The summed E-state index contributed by atoms with van der Waals surface area (Å²) < 4.78 is 22.6. The second-order valence-corrected chi connectivity index (χ2v) is 6.81. The van der Waals surface area contributed by atoms with E-state index >= 15 is 0 Å². The molecule has 0 saturated heterocycles. The molecular formula is C15H24NO4P. The highest BCUT2D eigenvalue weighted by atomic mass is 31.2. The zero-order chi connectivity index (χ0) is 15.7.